The fourth-order valence-electron chi connectivity index (χ4n) is 4.27. The zero-order chi connectivity index (χ0) is 22.8. The predicted molar refractivity (Wildman–Crippen MR) is 129 cm³/mol. The van der Waals surface area contributed by atoms with Gasteiger partial charge in [-0.2, -0.15) is 0 Å². The minimum Gasteiger partial charge on any atom is -0.496 e. The van der Waals surface area contributed by atoms with Gasteiger partial charge in [0.1, 0.15) is 5.75 Å². The van der Waals surface area contributed by atoms with Gasteiger partial charge in [-0.25, -0.2) is 4.79 Å². The third-order valence-electron chi connectivity index (χ3n) is 6.04. The van der Waals surface area contributed by atoms with E-state index in [-0.39, 0.29) is 18.0 Å². The number of carbonyl (C=O) groups excluding carboxylic acids is 2. The lowest BCUT2D eigenvalue weighted by molar-refractivity contribution is -0.119. The third-order valence-corrected chi connectivity index (χ3v) is 6.66. The maximum atomic E-state index is 13.3. The van der Waals surface area contributed by atoms with Gasteiger partial charge in [0.15, 0.2) is 0 Å². The molecule has 0 aromatic heterocycles. The van der Waals surface area contributed by atoms with Crippen LogP contribution in [0.15, 0.2) is 52.5 Å². The summed E-state index contributed by atoms with van der Waals surface area (Å²) in [5.41, 5.74) is 4.31. The fraction of sp³-hybridized carbons (Fsp3) is 0.333. The van der Waals surface area contributed by atoms with Crippen molar-refractivity contribution >= 4 is 39.3 Å². The van der Waals surface area contributed by atoms with Gasteiger partial charge in [-0.05, 0) is 52.8 Å². The number of rotatable bonds is 6. The van der Waals surface area contributed by atoms with Crippen molar-refractivity contribution < 1.29 is 14.3 Å². The number of hydrogen-bond acceptors (Lipinski definition) is 4. The Kier molecular flexibility index (Phi) is 6.53. The molecular weight excluding hydrogens is 472 g/mol. The predicted octanol–water partition coefficient (Wildman–Crippen LogP) is 3.91. The van der Waals surface area contributed by atoms with Gasteiger partial charge in [0.25, 0.3) is 0 Å². The van der Waals surface area contributed by atoms with Crippen LogP contribution in [0.3, 0.4) is 0 Å². The van der Waals surface area contributed by atoms with E-state index in [9.17, 15) is 9.59 Å². The molecule has 2 aliphatic rings. The van der Waals surface area contributed by atoms with Gasteiger partial charge >= 0.3 is 6.03 Å². The molecule has 7 nitrogen and oxygen atoms in total. The lowest BCUT2D eigenvalue weighted by atomic mass is 9.88. The van der Waals surface area contributed by atoms with E-state index in [1.807, 2.05) is 47.4 Å². The highest BCUT2D eigenvalue weighted by Gasteiger charge is 2.36. The zero-order valence-electron chi connectivity index (χ0n) is 18.4. The number of anilines is 1. The van der Waals surface area contributed by atoms with Crippen molar-refractivity contribution in [3.63, 3.8) is 0 Å². The smallest absolute Gasteiger partial charge is 0.320 e. The maximum absolute atomic E-state index is 13.3. The number of methoxy groups -OCH3 is 1. The normalized spacial score (nSPS) is 17.5. The van der Waals surface area contributed by atoms with Gasteiger partial charge < -0.3 is 20.3 Å². The highest BCUT2D eigenvalue weighted by molar-refractivity contribution is 9.10. The molecule has 0 fully saturated rings. The van der Waals surface area contributed by atoms with Gasteiger partial charge in [0.2, 0.25) is 5.91 Å². The molecule has 8 heteroatoms. The Morgan fingerprint density at radius 2 is 1.97 bits per heavy atom. The molecule has 2 aliphatic heterocycles. The molecule has 2 heterocycles. The Hall–Kier alpha value is -2.84. The quantitative estimate of drug-likeness (QED) is 0.632. The summed E-state index contributed by atoms with van der Waals surface area (Å²) in [6, 6.07) is 12.9. The Labute approximate surface area is 196 Å². The molecular formula is C24H27BrN4O3. The Bertz CT molecular complexity index is 1080. The van der Waals surface area contributed by atoms with Crippen LogP contribution in [0.25, 0.3) is 5.70 Å². The summed E-state index contributed by atoms with van der Waals surface area (Å²) < 4.78 is 6.16. The molecule has 2 aromatic carbocycles. The van der Waals surface area contributed by atoms with Crippen molar-refractivity contribution in [2.45, 2.75) is 19.9 Å². The minimum absolute atomic E-state index is 0.0410. The summed E-state index contributed by atoms with van der Waals surface area (Å²) in [6.45, 7) is 6.48. The molecule has 32 heavy (non-hydrogen) atoms. The molecule has 1 unspecified atom stereocenters. The van der Waals surface area contributed by atoms with E-state index in [0.29, 0.717) is 18.8 Å². The fourth-order valence-corrected chi connectivity index (χ4v) is 4.83. The monoisotopic (exact) mass is 498 g/mol. The van der Waals surface area contributed by atoms with E-state index in [4.69, 9.17) is 4.74 Å². The number of hydrogen-bond donors (Lipinski definition) is 2. The molecule has 0 aliphatic carbocycles. The van der Waals surface area contributed by atoms with Crippen molar-refractivity contribution in [2.24, 2.45) is 0 Å². The molecule has 0 radical (unpaired) electrons. The van der Waals surface area contributed by atoms with Crippen LogP contribution in [0.1, 0.15) is 31.0 Å². The van der Waals surface area contributed by atoms with Crippen LogP contribution < -0.4 is 20.3 Å². The number of amides is 3. The van der Waals surface area contributed by atoms with Crippen molar-refractivity contribution in [1.82, 2.24) is 15.5 Å². The van der Waals surface area contributed by atoms with Crippen molar-refractivity contribution in [2.75, 3.05) is 38.2 Å². The molecule has 168 valence electrons. The summed E-state index contributed by atoms with van der Waals surface area (Å²) in [6.07, 6.45) is 0. The van der Waals surface area contributed by atoms with Gasteiger partial charge in [0, 0.05) is 11.1 Å². The average molecular weight is 499 g/mol. The lowest BCUT2D eigenvalue weighted by Crippen LogP contribution is -2.50. The van der Waals surface area contributed by atoms with Gasteiger partial charge in [0.05, 0.1) is 42.1 Å². The summed E-state index contributed by atoms with van der Waals surface area (Å²) in [7, 11) is 1.62. The first-order valence-corrected chi connectivity index (χ1v) is 11.5. The molecule has 0 saturated heterocycles. The van der Waals surface area contributed by atoms with Crippen LogP contribution in [-0.4, -0.2) is 50.1 Å². The minimum atomic E-state index is -0.363. The second kappa shape index (κ2) is 9.34. The Balaban J connectivity index is 1.77. The first kappa shape index (κ1) is 22.4. The maximum Gasteiger partial charge on any atom is 0.320 e. The molecule has 0 spiro atoms. The number of benzene rings is 2. The summed E-state index contributed by atoms with van der Waals surface area (Å²) in [5.74, 6) is 0.757. The van der Waals surface area contributed by atoms with E-state index in [1.54, 1.807) is 7.11 Å². The molecule has 2 aromatic rings. The van der Waals surface area contributed by atoms with E-state index in [2.05, 4.69) is 45.3 Å². The largest absolute Gasteiger partial charge is 0.496 e. The number of para-hydroxylation sites is 1. The zero-order valence-corrected chi connectivity index (χ0v) is 20.0. The summed E-state index contributed by atoms with van der Waals surface area (Å²) in [5, 5.41) is 6.01. The standard InChI is InChI=1S/C24H27BrN4O3/c1-4-28(5-2)14-21(30)29-13-17-22(15-10-11-20(32-3)18(25)12-15)26-24(31)27-23(17)16-8-6-7-9-19(16)29/h6-12,22H,4-5,13-14H2,1-3H3,(H2,26,27,31). The van der Waals surface area contributed by atoms with Crippen molar-refractivity contribution in [1.29, 1.82) is 0 Å². The Morgan fingerprint density at radius 3 is 2.66 bits per heavy atom. The number of ether oxygens (including phenoxy) is 1. The summed E-state index contributed by atoms with van der Waals surface area (Å²) in [4.78, 5) is 29.9. The second-order valence-corrected chi connectivity index (χ2v) is 8.64. The number of carbonyl (C=O) groups is 2. The number of nitrogens with one attached hydrogen (secondary N) is 2. The highest BCUT2D eigenvalue weighted by atomic mass is 79.9. The number of nitrogens with zero attached hydrogens (tertiary/aromatic N) is 2. The van der Waals surface area contributed by atoms with Crippen molar-refractivity contribution in [3.05, 3.63) is 63.6 Å². The van der Waals surface area contributed by atoms with Crippen LogP contribution in [0.4, 0.5) is 10.5 Å². The second-order valence-electron chi connectivity index (χ2n) is 7.78. The third kappa shape index (κ3) is 4.12. The lowest BCUT2D eigenvalue weighted by Gasteiger charge is -2.39. The first-order chi connectivity index (χ1) is 15.5. The van der Waals surface area contributed by atoms with Crippen LogP contribution in [-0.2, 0) is 4.79 Å². The molecule has 4 rings (SSSR count). The van der Waals surface area contributed by atoms with Crippen molar-refractivity contribution in [3.8, 4) is 5.75 Å². The van der Waals surface area contributed by atoms with Crippen LogP contribution in [0.2, 0.25) is 0 Å². The van der Waals surface area contributed by atoms with E-state index in [1.165, 1.54) is 0 Å². The molecule has 0 saturated carbocycles. The van der Waals surface area contributed by atoms with Crippen LogP contribution in [0, 0.1) is 0 Å². The van der Waals surface area contributed by atoms with E-state index in [0.717, 1.165) is 45.6 Å². The summed E-state index contributed by atoms with van der Waals surface area (Å²) >= 11 is 3.54. The SMILES string of the molecule is CCN(CC)CC(=O)N1CC2=C(NC(=O)NC2c2ccc(OC)c(Br)c2)c2ccccc21. The first-order valence-electron chi connectivity index (χ1n) is 10.7. The molecule has 1 atom stereocenters. The van der Waals surface area contributed by atoms with E-state index < -0.39 is 0 Å². The number of likely N-dealkylation sites (N-methyl/N-ethyl adjacent to an activating group) is 1. The number of fused-ring (bicyclic) bond motifs is 2. The highest BCUT2D eigenvalue weighted by Crippen LogP contribution is 2.41. The van der Waals surface area contributed by atoms with Crippen LogP contribution >= 0.6 is 15.9 Å². The van der Waals surface area contributed by atoms with Gasteiger partial charge in [-0.3, -0.25) is 9.69 Å². The molecule has 3 amide bonds. The van der Waals surface area contributed by atoms with Crippen LogP contribution in [0.5, 0.6) is 5.75 Å². The number of urea groups is 1. The topological polar surface area (TPSA) is 73.9 Å². The molecule has 0 bridgehead atoms. The van der Waals surface area contributed by atoms with Gasteiger partial charge in [-0.15, -0.1) is 0 Å². The number of halogens is 1. The average Bonchev–Trinajstić information content (AvgIpc) is 2.81. The van der Waals surface area contributed by atoms with Gasteiger partial charge in [-0.1, -0.05) is 38.1 Å². The molecule has 2 N–H and O–H groups in total. The Morgan fingerprint density at radius 1 is 1.22 bits per heavy atom. The van der Waals surface area contributed by atoms with E-state index >= 15 is 0 Å².